The van der Waals surface area contributed by atoms with Gasteiger partial charge in [0.1, 0.15) is 0 Å². The highest BCUT2D eigenvalue weighted by molar-refractivity contribution is 5.95. The fourth-order valence-electron chi connectivity index (χ4n) is 3.04. The summed E-state index contributed by atoms with van der Waals surface area (Å²) in [5, 5.41) is 7.28. The van der Waals surface area contributed by atoms with Gasteiger partial charge in [0.25, 0.3) is 5.91 Å². The Balaban J connectivity index is 1.67. The van der Waals surface area contributed by atoms with Crippen LogP contribution >= 0.6 is 0 Å². The minimum Gasteiger partial charge on any atom is -0.348 e. The van der Waals surface area contributed by atoms with Crippen LogP contribution in [0, 0.1) is 6.92 Å². The van der Waals surface area contributed by atoms with E-state index in [1.807, 2.05) is 49.1 Å². The molecule has 1 aliphatic rings. The summed E-state index contributed by atoms with van der Waals surface area (Å²) < 4.78 is 1.75. The maximum Gasteiger partial charge on any atom is 0.255 e. The first-order chi connectivity index (χ1) is 11.6. The van der Waals surface area contributed by atoms with E-state index in [-0.39, 0.29) is 17.9 Å². The van der Waals surface area contributed by atoms with Crippen LogP contribution in [0.4, 0.5) is 0 Å². The third kappa shape index (κ3) is 3.32. The van der Waals surface area contributed by atoms with Crippen molar-refractivity contribution >= 4 is 11.8 Å². The van der Waals surface area contributed by atoms with Crippen molar-refractivity contribution in [1.29, 1.82) is 0 Å². The van der Waals surface area contributed by atoms with E-state index in [9.17, 15) is 9.59 Å². The second-order valence-electron chi connectivity index (χ2n) is 6.21. The van der Waals surface area contributed by atoms with Crippen LogP contribution in [0.3, 0.4) is 0 Å². The highest BCUT2D eigenvalue weighted by Crippen LogP contribution is 2.14. The van der Waals surface area contributed by atoms with E-state index in [1.165, 1.54) is 0 Å². The Hall–Kier alpha value is -2.63. The molecule has 1 N–H and O–H groups in total. The normalized spacial score (nSPS) is 15.6. The van der Waals surface area contributed by atoms with Crippen molar-refractivity contribution in [2.75, 3.05) is 13.1 Å². The number of nitrogens with zero attached hydrogens (tertiary/aromatic N) is 3. The Labute approximate surface area is 141 Å². The number of para-hydroxylation sites is 1. The van der Waals surface area contributed by atoms with Crippen LogP contribution in [-0.4, -0.2) is 45.6 Å². The lowest BCUT2D eigenvalue weighted by Gasteiger charge is -2.21. The number of hydrogen-bond donors (Lipinski definition) is 1. The van der Waals surface area contributed by atoms with Gasteiger partial charge in [-0.25, -0.2) is 4.68 Å². The fourth-order valence-corrected chi connectivity index (χ4v) is 3.04. The smallest absolute Gasteiger partial charge is 0.255 e. The van der Waals surface area contributed by atoms with E-state index in [0.29, 0.717) is 18.5 Å². The molecule has 1 atom stereocenters. The third-order valence-corrected chi connectivity index (χ3v) is 4.30. The van der Waals surface area contributed by atoms with Crippen molar-refractivity contribution in [1.82, 2.24) is 20.0 Å². The molecule has 1 fully saturated rings. The number of likely N-dealkylation sites (tertiary alicyclic amines) is 1. The van der Waals surface area contributed by atoms with Crippen molar-refractivity contribution in [3.8, 4) is 5.69 Å². The first-order valence-electron chi connectivity index (χ1n) is 8.25. The van der Waals surface area contributed by atoms with Gasteiger partial charge in [0, 0.05) is 25.6 Å². The molecule has 6 heteroatoms. The van der Waals surface area contributed by atoms with Crippen molar-refractivity contribution in [2.45, 2.75) is 32.7 Å². The summed E-state index contributed by atoms with van der Waals surface area (Å²) in [4.78, 5) is 26.0. The van der Waals surface area contributed by atoms with E-state index in [2.05, 4.69) is 10.4 Å². The van der Waals surface area contributed by atoms with E-state index < -0.39 is 0 Å². The predicted molar refractivity (Wildman–Crippen MR) is 91.0 cm³/mol. The molecule has 2 amide bonds. The first-order valence-corrected chi connectivity index (χ1v) is 8.25. The number of hydrogen-bond acceptors (Lipinski definition) is 3. The number of carbonyl (C=O) groups excluding carboxylic acids is 2. The molecule has 3 rings (SSSR count). The third-order valence-electron chi connectivity index (χ3n) is 4.30. The van der Waals surface area contributed by atoms with Gasteiger partial charge in [-0.3, -0.25) is 9.59 Å². The summed E-state index contributed by atoms with van der Waals surface area (Å²) in [5.74, 6) is 0.0120. The highest BCUT2D eigenvalue weighted by atomic mass is 16.2. The summed E-state index contributed by atoms with van der Waals surface area (Å²) in [6.45, 7) is 5.13. The number of carbonyl (C=O) groups is 2. The zero-order valence-electron chi connectivity index (χ0n) is 14.0. The topological polar surface area (TPSA) is 67.2 Å². The molecule has 1 aliphatic heterocycles. The van der Waals surface area contributed by atoms with Crippen LogP contribution in [0.1, 0.15) is 35.8 Å². The molecule has 0 saturated carbocycles. The Bertz CT molecular complexity index is 739. The maximum atomic E-state index is 12.5. The van der Waals surface area contributed by atoms with Gasteiger partial charge in [0.2, 0.25) is 5.91 Å². The molecule has 1 saturated heterocycles. The van der Waals surface area contributed by atoms with Crippen LogP contribution in [0.15, 0.2) is 36.5 Å². The van der Waals surface area contributed by atoms with Crippen molar-refractivity contribution < 1.29 is 9.59 Å². The van der Waals surface area contributed by atoms with Gasteiger partial charge >= 0.3 is 0 Å². The molecule has 0 aliphatic carbocycles. The number of amides is 2. The Morgan fingerprint density at radius 2 is 2.08 bits per heavy atom. The van der Waals surface area contributed by atoms with Gasteiger partial charge in [0.15, 0.2) is 0 Å². The average Bonchev–Trinajstić information content (AvgIpc) is 3.14. The monoisotopic (exact) mass is 326 g/mol. The zero-order chi connectivity index (χ0) is 17.1. The molecular weight excluding hydrogens is 304 g/mol. The second-order valence-corrected chi connectivity index (χ2v) is 6.21. The van der Waals surface area contributed by atoms with Crippen LogP contribution in [0.25, 0.3) is 5.69 Å². The van der Waals surface area contributed by atoms with Crippen LogP contribution < -0.4 is 5.32 Å². The maximum absolute atomic E-state index is 12.5. The lowest BCUT2D eigenvalue weighted by atomic mass is 10.2. The molecule has 1 aromatic heterocycles. The first kappa shape index (κ1) is 16.2. The van der Waals surface area contributed by atoms with E-state index in [1.54, 1.807) is 10.9 Å². The minimum absolute atomic E-state index is 0.0981. The Morgan fingerprint density at radius 3 is 2.75 bits per heavy atom. The molecule has 1 unspecified atom stereocenters. The van der Waals surface area contributed by atoms with Gasteiger partial charge in [0.05, 0.1) is 23.1 Å². The second kappa shape index (κ2) is 6.86. The van der Waals surface area contributed by atoms with E-state index in [4.69, 9.17) is 0 Å². The minimum atomic E-state index is -0.158. The van der Waals surface area contributed by atoms with Crippen LogP contribution in [0.5, 0.6) is 0 Å². The highest BCUT2D eigenvalue weighted by Gasteiger charge is 2.23. The van der Waals surface area contributed by atoms with Crippen molar-refractivity contribution in [2.24, 2.45) is 0 Å². The van der Waals surface area contributed by atoms with E-state index >= 15 is 0 Å². The molecule has 2 heterocycles. The quantitative estimate of drug-likeness (QED) is 0.913. The number of benzene rings is 1. The zero-order valence-corrected chi connectivity index (χ0v) is 14.0. The van der Waals surface area contributed by atoms with Crippen LogP contribution in [-0.2, 0) is 4.79 Å². The molecule has 0 spiro atoms. The van der Waals surface area contributed by atoms with Gasteiger partial charge in [-0.2, -0.15) is 5.10 Å². The lowest BCUT2D eigenvalue weighted by Crippen LogP contribution is -2.42. The fraction of sp³-hybridized carbons (Fsp3) is 0.389. The lowest BCUT2D eigenvalue weighted by molar-refractivity contribution is -0.127. The average molecular weight is 326 g/mol. The standard InChI is InChI=1S/C18H22N4O2/c1-13(12-21-10-6-9-17(21)23)20-18(24)16-11-19-22(14(16)2)15-7-4-3-5-8-15/h3-5,7-8,11,13H,6,9-10,12H2,1-2H3,(H,20,24). The SMILES string of the molecule is Cc1c(C(=O)NC(C)CN2CCCC2=O)cnn1-c1ccccc1. The molecule has 0 radical (unpaired) electrons. The summed E-state index contributed by atoms with van der Waals surface area (Å²) in [6, 6.07) is 9.61. The Kier molecular flexibility index (Phi) is 4.64. The molecule has 126 valence electrons. The molecule has 6 nitrogen and oxygen atoms in total. The van der Waals surface area contributed by atoms with Gasteiger partial charge in [-0.15, -0.1) is 0 Å². The predicted octanol–water partition coefficient (Wildman–Crippen LogP) is 1.92. The Morgan fingerprint density at radius 1 is 1.33 bits per heavy atom. The van der Waals surface area contributed by atoms with Gasteiger partial charge < -0.3 is 10.2 Å². The van der Waals surface area contributed by atoms with Crippen molar-refractivity contribution in [3.05, 3.63) is 47.8 Å². The van der Waals surface area contributed by atoms with Gasteiger partial charge in [-0.1, -0.05) is 18.2 Å². The number of aromatic nitrogens is 2. The summed E-state index contributed by atoms with van der Waals surface area (Å²) in [7, 11) is 0. The summed E-state index contributed by atoms with van der Waals surface area (Å²) in [5.41, 5.74) is 2.27. The molecule has 24 heavy (non-hydrogen) atoms. The number of nitrogens with one attached hydrogen (secondary N) is 1. The van der Waals surface area contributed by atoms with Crippen molar-refractivity contribution in [3.63, 3.8) is 0 Å². The summed E-state index contributed by atoms with van der Waals surface area (Å²) in [6.07, 6.45) is 3.11. The van der Waals surface area contributed by atoms with Crippen LogP contribution in [0.2, 0.25) is 0 Å². The molecule has 2 aromatic rings. The van der Waals surface area contributed by atoms with E-state index in [0.717, 1.165) is 24.3 Å². The molecule has 0 bridgehead atoms. The van der Waals surface area contributed by atoms with Gasteiger partial charge in [-0.05, 0) is 32.4 Å². The number of rotatable bonds is 5. The largest absolute Gasteiger partial charge is 0.348 e. The molecule has 1 aromatic carbocycles. The molecular formula is C18H22N4O2. The summed E-state index contributed by atoms with van der Waals surface area (Å²) >= 11 is 0.